The van der Waals surface area contributed by atoms with E-state index in [4.69, 9.17) is 5.11 Å². The molecule has 0 aliphatic carbocycles. The van der Waals surface area contributed by atoms with Crippen molar-refractivity contribution in [3.63, 3.8) is 0 Å². The van der Waals surface area contributed by atoms with Gasteiger partial charge in [0.1, 0.15) is 0 Å². The molecule has 0 radical (unpaired) electrons. The van der Waals surface area contributed by atoms with Crippen LogP contribution in [0.4, 0.5) is 0 Å². The van der Waals surface area contributed by atoms with Crippen molar-refractivity contribution < 1.29 is 9.90 Å². The highest BCUT2D eigenvalue weighted by Gasteiger charge is 2.20. The number of aromatic nitrogens is 5. The minimum absolute atomic E-state index is 0.206. The second-order valence-electron chi connectivity index (χ2n) is 3.39. The Morgan fingerprint density at radius 3 is 2.94 bits per heavy atom. The van der Waals surface area contributed by atoms with Crippen LogP contribution in [0.25, 0.3) is 11.5 Å². The smallest absolute Gasteiger partial charge is 0.328 e. The van der Waals surface area contributed by atoms with Crippen molar-refractivity contribution in [2.45, 2.75) is 13.0 Å². The second-order valence-corrected chi connectivity index (χ2v) is 3.39. The molecule has 0 bridgehead atoms. The van der Waals surface area contributed by atoms with Gasteiger partial charge in [-0.1, -0.05) is 6.07 Å². The van der Waals surface area contributed by atoms with Gasteiger partial charge < -0.3 is 10.1 Å². The molecule has 0 amide bonds. The number of hydrogen-bond acceptors (Lipinski definition) is 5. The average molecular weight is 235 g/mol. The quantitative estimate of drug-likeness (QED) is 0.753. The van der Waals surface area contributed by atoms with Crippen LogP contribution in [0.1, 0.15) is 13.0 Å². The van der Waals surface area contributed by atoms with Crippen LogP contribution in [0.2, 0.25) is 0 Å². The van der Waals surface area contributed by atoms with Gasteiger partial charge in [0.2, 0.25) is 5.56 Å². The lowest BCUT2D eigenvalue weighted by atomic mass is 10.3. The first kappa shape index (κ1) is 11.0. The van der Waals surface area contributed by atoms with Gasteiger partial charge in [-0.05, 0) is 23.4 Å². The number of tetrazole rings is 1. The number of hydrogen-bond donors (Lipinski definition) is 2. The molecule has 8 heteroatoms. The molecule has 0 fully saturated rings. The highest BCUT2D eigenvalue weighted by Crippen LogP contribution is 2.15. The molecule has 88 valence electrons. The third-order valence-electron chi connectivity index (χ3n) is 2.23. The average Bonchev–Trinajstić information content (AvgIpc) is 2.76. The van der Waals surface area contributed by atoms with Crippen molar-refractivity contribution in [1.82, 2.24) is 25.2 Å². The van der Waals surface area contributed by atoms with E-state index >= 15 is 0 Å². The SMILES string of the molecule is CC(C(=O)O)n1nnnc1-c1cccc(=O)[nH]1. The zero-order valence-corrected chi connectivity index (χ0v) is 8.86. The third-order valence-corrected chi connectivity index (χ3v) is 2.23. The Morgan fingerprint density at radius 1 is 1.53 bits per heavy atom. The number of aliphatic carboxylic acids is 1. The molecule has 0 aliphatic heterocycles. The van der Waals surface area contributed by atoms with Gasteiger partial charge in [0.15, 0.2) is 11.9 Å². The Bertz CT molecular complexity index is 602. The summed E-state index contributed by atoms with van der Waals surface area (Å²) in [4.78, 5) is 24.5. The molecule has 8 nitrogen and oxygen atoms in total. The minimum atomic E-state index is -1.06. The molecule has 1 atom stereocenters. The van der Waals surface area contributed by atoms with E-state index in [-0.39, 0.29) is 11.4 Å². The van der Waals surface area contributed by atoms with E-state index in [1.807, 2.05) is 0 Å². The maximum Gasteiger partial charge on any atom is 0.328 e. The van der Waals surface area contributed by atoms with Crippen molar-refractivity contribution in [2.75, 3.05) is 0 Å². The van der Waals surface area contributed by atoms with Gasteiger partial charge in [-0.3, -0.25) is 4.79 Å². The number of nitrogens with one attached hydrogen (secondary N) is 1. The first-order valence-electron chi connectivity index (χ1n) is 4.80. The molecule has 0 aromatic carbocycles. The predicted molar refractivity (Wildman–Crippen MR) is 56.2 cm³/mol. The van der Waals surface area contributed by atoms with Crippen LogP contribution in [0, 0.1) is 0 Å². The maximum absolute atomic E-state index is 11.2. The van der Waals surface area contributed by atoms with E-state index in [1.54, 1.807) is 12.1 Å². The molecular weight excluding hydrogens is 226 g/mol. The number of rotatable bonds is 3. The molecule has 2 rings (SSSR count). The lowest BCUT2D eigenvalue weighted by molar-refractivity contribution is -0.140. The summed E-state index contributed by atoms with van der Waals surface area (Å²) < 4.78 is 1.13. The zero-order chi connectivity index (χ0) is 12.4. The van der Waals surface area contributed by atoms with Crippen molar-refractivity contribution in [2.24, 2.45) is 0 Å². The Hall–Kier alpha value is -2.51. The van der Waals surface area contributed by atoms with Crippen molar-refractivity contribution in [3.05, 3.63) is 28.6 Å². The number of carboxylic acids is 1. The minimum Gasteiger partial charge on any atom is -0.480 e. The molecule has 0 saturated heterocycles. The Balaban J connectivity index is 2.51. The van der Waals surface area contributed by atoms with Crippen LogP contribution >= 0.6 is 0 Å². The highest BCUT2D eigenvalue weighted by molar-refractivity contribution is 5.72. The van der Waals surface area contributed by atoms with Crippen molar-refractivity contribution >= 4 is 5.97 Å². The van der Waals surface area contributed by atoms with Crippen molar-refractivity contribution in [3.8, 4) is 11.5 Å². The van der Waals surface area contributed by atoms with Gasteiger partial charge in [0.25, 0.3) is 0 Å². The van der Waals surface area contributed by atoms with Gasteiger partial charge in [-0.2, -0.15) is 0 Å². The van der Waals surface area contributed by atoms with E-state index < -0.39 is 12.0 Å². The summed E-state index contributed by atoms with van der Waals surface area (Å²) in [5.41, 5.74) is 0.0654. The molecule has 2 N–H and O–H groups in total. The summed E-state index contributed by atoms with van der Waals surface area (Å²) >= 11 is 0. The molecule has 0 spiro atoms. The standard InChI is InChI=1S/C9H9N5O3/c1-5(9(16)17)14-8(11-12-13-14)6-3-2-4-7(15)10-6/h2-5H,1H3,(H,10,15)(H,16,17). The lowest BCUT2D eigenvalue weighted by Gasteiger charge is -2.07. The fourth-order valence-electron chi connectivity index (χ4n) is 1.31. The molecular formula is C9H9N5O3. The van der Waals surface area contributed by atoms with Gasteiger partial charge >= 0.3 is 5.97 Å². The Labute approximate surface area is 94.9 Å². The van der Waals surface area contributed by atoms with E-state index in [1.165, 1.54) is 13.0 Å². The zero-order valence-electron chi connectivity index (χ0n) is 8.86. The van der Waals surface area contributed by atoms with Crippen LogP contribution in [-0.4, -0.2) is 36.3 Å². The molecule has 0 saturated carbocycles. The third kappa shape index (κ3) is 2.05. The van der Waals surface area contributed by atoms with Crippen LogP contribution in [0.15, 0.2) is 23.0 Å². The van der Waals surface area contributed by atoms with Gasteiger partial charge in [-0.25, -0.2) is 9.48 Å². The summed E-state index contributed by atoms with van der Waals surface area (Å²) in [5.74, 6) is -0.852. The lowest BCUT2D eigenvalue weighted by Crippen LogP contribution is -2.18. The number of carbonyl (C=O) groups is 1. The number of nitrogens with zero attached hydrogens (tertiary/aromatic N) is 4. The van der Waals surface area contributed by atoms with Crippen LogP contribution in [-0.2, 0) is 4.79 Å². The topological polar surface area (TPSA) is 114 Å². The van der Waals surface area contributed by atoms with Crippen LogP contribution in [0.5, 0.6) is 0 Å². The summed E-state index contributed by atoms with van der Waals surface area (Å²) in [6.07, 6.45) is 0. The summed E-state index contributed by atoms with van der Waals surface area (Å²) in [6.45, 7) is 1.45. The number of H-pyrrole nitrogens is 1. The monoisotopic (exact) mass is 235 g/mol. The van der Waals surface area contributed by atoms with Gasteiger partial charge in [0.05, 0.1) is 5.69 Å². The number of carboxylic acid groups (broad SMARTS) is 1. The largest absolute Gasteiger partial charge is 0.480 e. The van der Waals surface area contributed by atoms with E-state index in [0.29, 0.717) is 5.69 Å². The predicted octanol–water partition coefficient (Wildman–Crippen LogP) is -0.326. The first-order valence-corrected chi connectivity index (χ1v) is 4.80. The Morgan fingerprint density at radius 2 is 2.29 bits per heavy atom. The first-order chi connectivity index (χ1) is 8.09. The molecule has 0 aliphatic rings. The molecule has 2 aromatic rings. The molecule has 2 heterocycles. The fourth-order valence-corrected chi connectivity index (χ4v) is 1.31. The van der Waals surface area contributed by atoms with Crippen LogP contribution < -0.4 is 5.56 Å². The van der Waals surface area contributed by atoms with E-state index in [2.05, 4.69) is 20.5 Å². The summed E-state index contributed by atoms with van der Waals surface area (Å²) in [6, 6.07) is 3.57. The number of pyridine rings is 1. The molecule has 2 aromatic heterocycles. The maximum atomic E-state index is 11.2. The van der Waals surface area contributed by atoms with Crippen LogP contribution in [0.3, 0.4) is 0 Å². The van der Waals surface area contributed by atoms with Gasteiger partial charge in [0, 0.05) is 6.07 Å². The summed E-state index contributed by atoms with van der Waals surface area (Å²) in [5, 5.41) is 19.6. The van der Waals surface area contributed by atoms with Crippen molar-refractivity contribution in [1.29, 1.82) is 0 Å². The fraction of sp³-hybridized carbons (Fsp3) is 0.222. The van der Waals surface area contributed by atoms with E-state index in [0.717, 1.165) is 4.68 Å². The summed E-state index contributed by atoms with van der Waals surface area (Å²) in [7, 11) is 0. The second kappa shape index (κ2) is 4.16. The number of aromatic amines is 1. The normalized spacial score (nSPS) is 12.3. The van der Waals surface area contributed by atoms with E-state index in [9.17, 15) is 9.59 Å². The highest BCUT2D eigenvalue weighted by atomic mass is 16.4. The molecule has 1 unspecified atom stereocenters. The molecule has 17 heavy (non-hydrogen) atoms. The van der Waals surface area contributed by atoms with Gasteiger partial charge in [-0.15, -0.1) is 5.10 Å². The Kier molecular flexibility index (Phi) is 2.69.